The van der Waals surface area contributed by atoms with Crippen molar-refractivity contribution < 1.29 is 62.9 Å². The number of methoxy groups -OCH3 is 2. The maximum atomic E-state index is 11.7. The van der Waals surface area contributed by atoms with Crippen LogP contribution in [0.25, 0.3) is 0 Å². The van der Waals surface area contributed by atoms with Gasteiger partial charge in [0, 0.05) is 59.4 Å². The lowest BCUT2D eigenvalue weighted by Gasteiger charge is -2.35. The SMILES string of the molecule is C=O.CC.CC.CC.CC.CCC.CCC.CCC.CCC(C)CC(CC=O)CCC(=O)C/C=C/C=C/C=O.CCC=O.CCOOC(C)C(OC(CC(C)(C)O)OC(C)OC)C(C)C(C)O.COC. The molecule has 0 fully saturated rings. The van der Waals surface area contributed by atoms with Crippen molar-refractivity contribution in [1.29, 1.82) is 0 Å². The number of ketones is 1. The van der Waals surface area contributed by atoms with Crippen LogP contribution in [0.5, 0.6) is 0 Å². The molecule has 8 atom stereocenters. The Balaban J connectivity index is -0.0000000649. The molecule has 430 valence electrons. The zero-order valence-corrected chi connectivity index (χ0v) is 51.2. The van der Waals surface area contributed by atoms with E-state index >= 15 is 0 Å². The fourth-order valence-electron chi connectivity index (χ4n) is 4.21. The molecule has 0 saturated heterocycles. The van der Waals surface area contributed by atoms with Crippen molar-refractivity contribution >= 4 is 31.4 Å². The lowest BCUT2D eigenvalue weighted by Crippen LogP contribution is -2.44. The highest BCUT2D eigenvalue weighted by Crippen LogP contribution is 2.25. The molecule has 0 aromatic rings. The van der Waals surface area contributed by atoms with E-state index in [0.717, 1.165) is 31.8 Å². The van der Waals surface area contributed by atoms with Crippen LogP contribution in [0.3, 0.4) is 0 Å². The van der Waals surface area contributed by atoms with Crippen LogP contribution in [0.4, 0.5) is 0 Å². The molecule has 0 aromatic heterocycles. The molecule has 0 aliphatic heterocycles. The number of allylic oxidation sites excluding steroid dienone is 4. The third-order valence-corrected chi connectivity index (χ3v) is 7.37. The largest absolute Gasteiger partial charge is 0.393 e. The van der Waals surface area contributed by atoms with Crippen molar-refractivity contribution in [2.24, 2.45) is 17.8 Å². The molecule has 13 nitrogen and oxygen atoms in total. The van der Waals surface area contributed by atoms with Crippen molar-refractivity contribution in [3.63, 3.8) is 0 Å². The van der Waals surface area contributed by atoms with Crippen LogP contribution in [0, 0.1) is 17.8 Å². The van der Waals surface area contributed by atoms with E-state index in [9.17, 15) is 29.4 Å². The van der Waals surface area contributed by atoms with Crippen molar-refractivity contribution in [1.82, 2.24) is 0 Å². The Labute approximate surface area is 436 Å². The fourth-order valence-corrected chi connectivity index (χ4v) is 4.21. The number of aldehydes is 3. The number of aliphatic hydroxyl groups is 2. The normalized spacial score (nSPS) is 12.9. The fraction of sp³-hybridized carbons (Fsp3) is 0.842. The van der Waals surface area contributed by atoms with Gasteiger partial charge in [-0.15, -0.1) is 0 Å². The first-order valence-electron chi connectivity index (χ1n) is 26.6. The minimum Gasteiger partial charge on any atom is -0.393 e. The first-order chi connectivity index (χ1) is 33.2. The van der Waals surface area contributed by atoms with Crippen LogP contribution in [-0.2, 0) is 52.7 Å². The summed E-state index contributed by atoms with van der Waals surface area (Å²) in [5.41, 5.74) is -0.985. The monoisotopic (exact) mass is 1020 g/mol. The molecule has 2 N–H and O–H groups in total. The molecule has 0 rings (SSSR count). The Morgan fingerprint density at radius 2 is 1.13 bits per heavy atom. The van der Waals surface area contributed by atoms with Crippen LogP contribution in [0.15, 0.2) is 24.3 Å². The second-order valence-electron chi connectivity index (χ2n) is 15.1. The predicted molar refractivity (Wildman–Crippen MR) is 301 cm³/mol. The van der Waals surface area contributed by atoms with Crippen LogP contribution >= 0.6 is 0 Å². The molecule has 0 aromatic carbocycles. The van der Waals surface area contributed by atoms with Crippen molar-refractivity contribution in [2.45, 2.75) is 273 Å². The molecule has 0 aliphatic rings. The third-order valence-electron chi connectivity index (χ3n) is 7.37. The number of Topliss-reactive ketones (excluding diaryl/α,β-unsaturated/α-hetero) is 1. The smallest absolute Gasteiger partial charge is 0.163 e. The highest BCUT2D eigenvalue weighted by atomic mass is 17.2. The van der Waals surface area contributed by atoms with Gasteiger partial charge in [0.2, 0.25) is 0 Å². The Morgan fingerprint density at radius 3 is 1.44 bits per heavy atom. The van der Waals surface area contributed by atoms with Crippen molar-refractivity contribution in [2.75, 3.05) is 27.9 Å². The predicted octanol–water partition coefficient (Wildman–Crippen LogP) is 14.9. The van der Waals surface area contributed by atoms with E-state index in [0.29, 0.717) is 50.4 Å². The summed E-state index contributed by atoms with van der Waals surface area (Å²) in [7, 11) is 4.78. The van der Waals surface area contributed by atoms with E-state index in [1.165, 1.54) is 32.4 Å². The Kier molecular flexibility index (Phi) is 128. The zero-order valence-electron chi connectivity index (χ0n) is 51.2. The number of ether oxygens (including phenoxy) is 4. The molecule has 0 spiro atoms. The minimum atomic E-state index is -0.985. The maximum Gasteiger partial charge on any atom is 0.163 e. The Morgan fingerprint density at radius 1 is 0.700 bits per heavy atom. The summed E-state index contributed by atoms with van der Waals surface area (Å²) >= 11 is 0. The number of hydrogen-bond donors (Lipinski definition) is 2. The summed E-state index contributed by atoms with van der Waals surface area (Å²) in [4.78, 5) is 59.9. The topological polar surface area (TPSA) is 181 Å². The van der Waals surface area contributed by atoms with Gasteiger partial charge < -0.3 is 43.5 Å². The van der Waals surface area contributed by atoms with E-state index in [-0.39, 0.29) is 18.1 Å². The van der Waals surface area contributed by atoms with Gasteiger partial charge in [0.15, 0.2) is 12.6 Å². The van der Waals surface area contributed by atoms with Gasteiger partial charge in [-0.3, -0.25) is 9.59 Å². The van der Waals surface area contributed by atoms with Gasteiger partial charge in [-0.1, -0.05) is 169 Å². The van der Waals surface area contributed by atoms with Gasteiger partial charge >= 0.3 is 0 Å². The molecule has 0 radical (unpaired) electrons. The molecule has 0 aliphatic carbocycles. The molecule has 13 heteroatoms. The highest BCUT2D eigenvalue weighted by molar-refractivity contribution is 5.79. The summed E-state index contributed by atoms with van der Waals surface area (Å²) in [5.74, 6) is 0.876. The van der Waals surface area contributed by atoms with Gasteiger partial charge in [-0.2, -0.15) is 0 Å². The van der Waals surface area contributed by atoms with E-state index < -0.39 is 36.5 Å². The van der Waals surface area contributed by atoms with E-state index in [2.05, 4.69) is 60.1 Å². The molecule has 0 heterocycles. The Bertz CT molecular complexity index is 930. The van der Waals surface area contributed by atoms with E-state index in [1.54, 1.807) is 67.1 Å². The maximum absolute atomic E-state index is 11.7. The zero-order chi connectivity index (χ0) is 58.4. The number of rotatable bonds is 26. The summed E-state index contributed by atoms with van der Waals surface area (Å²) < 4.78 is 21.1. The summed E-state index contributed by atoms with van der Waals surface area (Å²) in [6.07, 6.45) is 15.2. The van der Waals surface area contributed by atoms with Gasteiger partial charge in [-0.05, 0) is 72.3 Å². The van der Waals surface area contributed by atoms with Crippen LogP contribution in [-0.4, -0.2) is 106 Å². The second kappa shape index (κ2) is 92.6. The Hall–Kier alpha value is -2.49. The first-order valence-corrected chi connectivity index (χ1v) is 26.6. The van der Waals surface area contributed by atoms with E-state index in [1.807, 2.05) is 83.0 Å². The van der Waals surface area contributed by atoms with Gasteiger partial charge in [0.05, 0.1) is 24.4 Å². The quantitative estimate of drug-likeness (QED) is 0.0209. The molecule has 0 saturated carbocycles. The molecule has 70 heavy (non-hydrogen) atoms. The van der Waals surface area contributed by atoms with Crippen molar-refractivity contribution in [3.8, 4) is 0 Å². The van der Waals surface area contributed by atoms with Crippen LogP contribution in [0.1, 0.15) is 237 Å². The average molecular weight is 1020 g/mol. The highest BCUT2D eigenvalue weighted by Gasteiger charge is 2.34. The first kappa shape index (κ1) is 96.9. The number of carbonyl (C=O) groups is 5. The minimum absolute atomic E-state index is 0.181. The summed E-state index contributed by atoms with van der Waals surface area (Å²) in [6.45, 7) is 49.6. The van der Waals surface area contributed by atoms with Gasteiger partial charge in [0.1, 0.15) is 37.5 Å². The van der Waals surface area contributed by atoms with Crippen LogP contribution in [0.2, 0.25) is 0 Å². The standard InChI is InChI=1S/C17H36O7.C17H26O3.C3H6O.3C3H8.C2H6O.4C2H6.CH2O/c1-9-21-24-13(4)16(11(2)12(3)18)23-15(10-17(6,7)19)22-14(5)20-8;1-3-15(2)14-16(11-13-19)9-10-17(20)8-6-4-5-7-12-18;1-2-3-4;4*1-3-2;5*1-2/h11-16,18-19H,9-10H2,1-8H3;4-7,12-13,15-16H,3,8-11,14H2,1-2H3;3H,2H2,1H3;3*3H2,1-2H3;1-2H3;4*1-2H3;1H2/b;6-4+,7-5+;;;;;;;;;;. The van der Waals surface area contributed by atoms with Gasteiger partial charge in [-0.25, -0.2) is 9.78 Å². The summed E-state index contributed by atoms with van der Waals surface area (Å²) in [6, 6.07) is 0. The molecular formula is C57H124O13. The van der Waals surface area contributed by atoms with Gasteiger partial charge in [0.25, 0.3) is 0 Å². The average Bonchev–Trinajstić information content (AvgIpc) is 3.35. The third kappa shape index (κ3) is 107. The summed E-state index contributed by atoms with van der Waals surface area (Å²) in [5, 5.41) is 20.1. The van der Waals surface area contributed by atoms with E-state index in [4.69, 9.17) is 28.8 Å². The molecule has 0 amide bonds. The number of aliphatic hydroxyl groups excluding tert-OH is 1. The van der Waals surface area contributed by atoms with Crippen molar-refractivity contribution in [3.05, 3.63) is 24.3 Å². The molecule has 0 bridgehead atoms. The number of hydrogen-bond acceptors (Lipinski definition) is 13. The second-order valence-corrected chi connectivity index (χ2v) is 15.1. The lowest BCUT2D eigenvalue weighted by atomic mass is 9.88. The molecular weight excluding hydrogens is 893 g/mol. The number of carbonyl (C=O) groups excluding carboxylic acids is 5. The van der Waals surface area contributed by atoms with Crippen LogP contribution < -0.4 is 0 Å². The molecule has 8 unspecified atom stereocenters. The lowest BCUT2D eigenvalue weighted by molar-refractivity contribution is -0.354.